The third kappa shape index (κ3) is 8.46. The standard InChI is InChI=1S/C36H48N10O6/c1-6-46-28(18-23(2)42-46)35(49)41-36-43(4)27-20-25(34(38)48)22-30(52-15-9-11-44-13-16-51-17-14-44)32(27)45(36)12-8-7-10-40-31-26(39-3)19-24(33(37)47)21-29(31)50-5/h7-8,18-22,39-40H,6,9-17H2,1-5H3,(H2,37,47)(H2,38,48)/b8-7+,41-36?. The van der Waals surface area contributed by atoms with Gasteiger partial charge in [0.15, 0.2) is 0 Å². The molecular formula is C36H48N10O6. The largest absolute Gasteiger partial charge is 0.494 e. The lowest BCUT2D eigenvalue weighted by molar-refractivity contribution is 0.0358. The summed E-state index contributed by atoms with van der Waals surface area (Å²) in [5.41, 5.74) is 15.9. The van der Waals surface area contributed by atoms with Crippen molar-refractivity contribution in [3.63, 3.8) is 0 Å². The van der Waals surface area contributed by atoms with E-state index >= 15 is 0 Å². The predicted octanol–water partition coefficient (Wildman–Crippen LogP) is 2.26. The number of carbonyl (C=O) groups is 3. The zero-order valence-corrected chi connectivity index (χ0v) is 30.4. The van der Waals surface area contributed by atoms with Gasteiger partial charge in [-0.25, -0.2) is 0 Å². The van der Waals surface area contributed by atoms with Crippen molar-refractivity contribution in [2.45, 2.75) is 33.4 Å². The van der Waals surface area contributed by atoms with Crippen LogP contribution in [0.4, 0.5) is 11.4 Å². The number of amides is 3. The van der Waals surface area contributed by atoms with Gasteiger partial charge >= 0.3 is 0 Å². The van der Waals surface area contributed by atoms with Gasteiger partial charge in [0.2, 0.25) is 17.4 Å². The maximum absolute atomic E-state index is 13.7. The summed E-state index contributed by atoms with van der Waals surface area (Å²) in [5.74, 6) is -0.709. The Morgan fingerprint density at radius 1 is 1.04 bits per heavy atom. The van der Waals surface area contributed by atoms with E-state index in [0.29, 0.717) is 95.9 Å². The van der Waals surface area contributed by atoms with E-state index in [-0.39, 0.29) is 5.56 Å². The highest BCUT2D eigenvalue weighted by atomic mass is 16.5. The van der Waals surface area contributed by atoms with Crippen molar-refractivity contribution >= 4 is 40.1 Å². The second kappa shape index (κ2) is 17.1. The average Bonchev–Trinajstić information content (AvgIpc) is 3.65. The SMILES string of the molecule is CCn1nc(C)cc1C(=O)N=c1n(C)c2cc(C(N)=O)cc(OCCCN3CCOCC3)c2n1C/C=C/CNc1c(NC)cc(C(N)=O)cc1OC. The second-order valence-electron chi connectivity index (χ2n) is 12.3. The first-order chi connectivity index (χ1) is 25.1. The molecule has 0 radical (unpaired) electrons. The number of aryl methyl sites for hydroxylation is 3. The third-order valence-electron chi connectivity index (χ3n) is 8.84. The van der Waals surface area contributed by atoms with Gasteiger partial charge in [0.1, 0.15) is 28.4 Å². The molecule has 1 aliphatic heterocycles. The number of anilines is 2. The summed E-state index contributed by atoms with van der Waals surface area (Å²) in [4.78, 5) is 44.9. The third-order valence-corrected chi connectivity index (χ3v) is 8.84. The highest BCUT2D eigenvalue weighted by Gasteiger charge is 2.20. The monoisotopic (exact) mass is 716 g/mol. The Kier molecular flexibility index (Phi) is 12.4. The van der Waals surface area contributed by atoms with Crippen LogP contribution in [0.1, 0.15) is 50.2 Å². The molecule has 4 aromatic rings. The number of hydrogen-bond donors (Lipinski definition) is 4. The Morgan fingerprint density at radius 3 is 2.42 bits per heavy atom. The van der Waals surface area contributed by atoms with Gasteiger partial charge in [0.25, 0.3) is 5.91 Å². The number of imidazole rings is 1. The topological polar surface area (TPSA) is 198 Å². The van der Waals surface area contributed by atoms with Crippen LogP contribution in [0.25, 0.3) is 11.0 Å². The number of nitrogens with two attached hydrogens (primary N) is 2. The van der Waals surface area contributed by atoms with Crippen LogP contribution < -0.4 is 37.2 Å². The van der Waals surface area contributed by atoms with E-state index in [1.165, 1.54) is 7.11 Å². The first-order valence-corrected chi connectivity index (χ1v) is 17.2. The van der Waals surface area contributed by atoms with Crippen LogP contribution in [0.3, 0.4) is 0 Å². The first kappa shape index (κ1) is 37.6. The van der Waals surface area contributed by atoms with E-state index in [1.807, 2.05) is 30.6 Å². The van der Waals surface area contributed by atoms with Crippen molar-refractivity contribution in [2.75, 3.05) is 70.8 Å². The van der Waals surface area contributed by atoms with Crippen LogP contribution in [0, 0.1) is 6.92 Å². The van der Waals surface area contributed by atoms with Gasteiger partial charge in [0, 0.05) is 64.5 Å². The molecule has 52 heavy (non-hydrogen) atoms. The van der Waals surface area contributed by atoms with Crippen molar-refractivity contribution in [1.82, 2.24) is 23.8 Å². The molecule has 16 nitrogen and oxygen atoms in total. The van der Waals surface area contributed by atoms with Crippen molar-refractivity contribution in [3.8, 4) is 11.5 Å². The molecule has 1 aliphatic rings. The number of benzene rings is 2. The summed E-state index contributed by atoms with van der Waals surface area (Å²) in [6, 6.07) is 8.28. The molecule has 2 aromatic heterocycles. The number of ether oxygens (including phenoxy) is 3. The number of hydrogen-bond acceptors (Lipinski definition) is 10. The molecule has 5 rings (SSSR count). The highest BCUT2D eigenvalue weighted by Crippen LogP contribution is 2.34. The summed E-state index contributed by atoms with van der Waals surface area (Å²) in [5, 5.41) is 10.8. The normalized spacial score (nSPS) is 13.9. The Hall–Kier alpha value is -5.61. The van der Waals surface area contributed by atoms with Crippen LogP contribution in [0.5, 0.6) is 11.5 Å². The van der Waals surface area contributed by atoms with Crippen LogP contribution >= 0.6 is 0 Å². The van der Waals surface area contributed by atoms with Crippen molar-refractivity contribution < 1.29 is 28.6 Å². The minimum atomic E-state index is -0.601. The van der Waals surface area contributed by atoms with Crippen molar-refractivity contribution in [1.29, 1.82) is 0 Å². The van der Waals surface area contributed by atoms with E-state index in [9.17, 15) is 14.4 Å². The molecule has 1 saturated heterocycles. The van der Waals surface area contributed by atoms with E-state index in [0.717, 1.165) is 26.1 Å². The minimum Gasteiger partial charge on any atom is -0.494 e. The van der Waals surface area contributed by atoms with E-state index < -0.39 is 17.7 Å². The number of carbonyl (C=O) groups excluding carboxylic acids is 3. The van der Waals surface area contributed by atoms with E-state index in [1.54, 1.807) is 53.7 Å². The smallest absolute Gasteiger partial charge is 0.298 e. The molecule has 0 aliphatic carbocycles. The number of primary amides is 2. The van der Waals surface area contributed by atoms with Gasteiger partial charge in [-0.05, 0) is 50.6 Å². The molecule has 0 bridgehead atoms. The number of methoxy groups -OCH3 is 1. The molecule has 278 valence electrons. The molecule has 0 spiro atoms. The van der Waals surface area contributed by atoms with Gasteiger partial charge in [-0.1, -0.05) is 12.2 Å². The maximum Gasteiger partial charge on any atom is 0.298 e. The van der Waals surface area contributed by atoms with Crippen molar-refractivity contribution in [3.05, 3.63) is 70.6 Å². The molecular weight excluding hydrogens is 668 g/mol. The number of allylic oxidation sites excluding steroid dienone is 1. The molecule has 2 aromatic carbocycles. The van der Waals surface area contributed by atoms with E-state index in [4.69, 9.17) is 25.7 Å². The van der Waals surface area contributed by atoms with Crippen LogP contribution in [-0.4, -0.2) is 102 Å². The zero-order valence-electron chi connectivity index (χ0n) is 30.4. The number of nitrogens with zero attached hydrogens (tertiary/aromatic N) is 6. The summed E-state index contributed by atoms with van der Waals surface area (Å²) in [7, 11) is 5.04. The lowest BCUT2D eigenvalue weighted by Crippen LogP contribution is -2.37. The number of nitrogens with one attached hydrogen (secondary N) is 2. The van der Waals surface area contributed by atoms with Crippen molar-refractivity contribution in [2.24, 2.45) is 23.5 Å². The average molecular weight is 717 g/mol. The molecule has 1 fully saturated rings. The molecule has 16 heteroatoms. The van der Waals surface area contributed by atoms with Crippen LogP contribution in [0.15, 0.2) is 47.5 Å². The lowest BCUT2D eigenvalue weighted by atomic mass is 10.1. The molecule has 0 unspecified atom stereocenters. The molecule has 6 N–H and O–H groups in total. The maximum atomic E-state index is 13.7. The van der Waals surface area contributed by atoms with Gasteiger partial charge in [-0.3, -0.25) is 24.0 Å². The van der Waals surface area contributed by atoms with Gasteiger partial charge in [0.05, 0.1) is 43.8 Å². The highest BCUT2D eigenvalue weighted by molar-refractivity contribution is 5.99. The number of fused-ring (bicyclic) bond motifs is 1. The quantitative estimate of drug-likeness (QED) is 0.0986. The Bertz CT molecular complexity index is 2010. The molecule has 3 amide bonds. The first-order valence-electron chi connectivity index (χ1n) is 17.2. The summed E-state index contributed by atoms with van der Waals surface area (Å²) in [6.45, 7) is 9.35. The molecule has 0 saturated carbocycles. The Balaban J connectivity index is 1.51. The Morgan fingerprint density at radius 2 is 1.75 bits per heavy atom. The van der Waals surface area contributed by atoms with E-state index in [2.05, 4.69) is 25.6 Å². The molecule has 0 atom stereocenters. The van der Waals surface area contributed by atoms with Gasteiger partial charge < -0.3 is 45.4 Å². The fourth-order valence-electron chi connectivity index (χ4n) is 6.19. The summed E-state index contributed by atoms with van der Waals surface area (Å²) in [6.07, 6.45) is 4.62. The van der Waals surface area contributed by atoms with Crippen LogP contribution in [-0.2, 0) is 24.9 Å². The predicted molar refractivity (Wildman–Crippen MR) is 198 cm³/mol. The second-order valence-corrected chi connectivity index (χ2v) is 12.3. The number of rotatable bonds is 16. The minimum absolute atomic E-state index is 0.275. The number of morpholine rings is 1. The summed E-state index contributed by atoms with van der Waals surface area (Å²) >= 11 is 0. The van der Waals surface area contributed by atoms with Gasteiger partial charge in [-0.2, -0.15) is 10.1 Å². The van der Waals surface area contributed by atoms with Crippen LogP contribution in [0.2, 0.25) is 0 Å². The van der Waals surface area contributed by atoms with Gasteiger partial charge in [-0.15, -0.1) is 0 Å². The Labute approximate surface area is 302 Å². The zero-order chi connectivity index (χ0) is 37.4. The lowest BCUT2D eigenvalue weighted by Gasteiger charge is -2.26. The fraction of sp³-hybridized carbons (Fsp3) is 0.417. The number of aromatic nitrogens is 4. The summed E-state index contributed by atoms with van der Waals surface area (Å²) < 4.78 is 22.6. The molecule has 3 heterocycles. The fourth-order valence-corrected chi connectivity index (χ4v) is 6.19.